The summed E-state index contributed by atoms with van der Waals surface area (Å²) in [4.78, 5) is 2.23. The summed E-state index contributed by atoms with van der Waals surface area (Å²) in [5, 5.41) is 0. The number of hydrogen-bond donors (Lipinski definition) is 0. The molecule has 1 aromatic rings. The lowest BCUT2D eigenvalue weighted by Gasteiger charge is -2.18. The number of hydrogen-bond acceptors (Lipinski definition) is 1. The first-order valence-corrected chi connectivity index (χ1v) is 5.65. The van der Waals surface area contributed by atoms with Gasteiger partial charge in [0, 0.05) is 23.2 Å². The van der Waals surface area contributed by atoms with E-state index in [4.69, 9.17) is 0 Å². The second kappa shape index (κ2) is 3.89. The average molecular weight is 258 g/mol. The van der Waals surface area contributed by atoms with Crippen LogP contribution in [-0.4, -0.2) is 13.1 Å². The Labute approximate surface area is 92.0 Å². The molecule has 76 valence electrons. The molecule has 1 fully saturated rings. The first kappa shape index (κ1) is 9.97. The fourth-order valence-electron chi connectivity index (χ4n) is 1.89. The van der Waals surface area contributed by atoms with Crippen molar-refractivity contribution in [3.63, 3.8) is 0 Å². The second-order valence-electron chi connectivity index (χ2n) is 3.97. The maximum atomic E-state index is 13.1. The molecule has 0 aliphatic carbocycles. The van der Waals surface area contributed by atoms with Gasteiger partial charge >= 0.3 is 0 Å². The molecule has 1 nitrogen and oxygen atoms in total. The highest BCUT2D eigenvalue weighted by Gasteiger charge is 2.19. The van der Waals surface area contributed by atoms with Gasteiger partial charge in [-0.2, -0.15) is 0 Å². The summed E-state index contributed by atoms with van der Waals surface area (Å²) in [6, 6.07) is 5.06. The highest BCUT2D eigenvalue weighted by Crippen LogP contribution is 2.27. The van der Waals surface area contributed by atoms with Gasteiger partial charge in [0.05, 0.1) is 0 Å². The van der Waals surface area contributed by atoms with Crippen molar-refractivity contribution >= 4 is 21.6 Å². The maximum Gasteiger partial charge on any atom is 0.126 e. The van der Waals surface area contributed by atoms with Crippen LogP contribution >= 0.6 is 15.9 Å². The summed E-state index contributed by atoms with van der Waals surface area (Å²) in [5.74, 6) is 0.547. The van der Waals surface area contributed by atoms with Crippen LogP contribution < -0.4 is 4.90 Å². The van der Waals surface area contributed by atoms with Crippen molar-refractivity contribution in [1.82, 2.24) is 0 Å². The molecule has 0 radical (unpaired) electrons. The van der Waals surface area contributed by atoms with Crippen LogP contribution in [0.3, 0.4) is 0 Å². The molecule has 1 aliphatic rings. The van der Waals surface area contributed by atoms with Gasteiger partial charge < -0.3 is 4.90 Å². The van der Waals surface area contributed by atoms with Crippen LogP contribution in [0.5, 0.6) is 0 Å². The summed E-state index contributed by atoms with van der Waals surface area (Å²) < 4.78 is 13.9. The topological polar surface area (TPSA) is 3.24 Å². The lowest BCUT2D eigenvalue weighted by Crippen LogP contribution is -2.19. The standard InChI is InChI=1S/C11H13BrFN/c1-8-2-3-14(7-8)11-5-9(12)4-10(13)6-11/h4-6,8H,2-3,7H2,1H3. The van der Waals surface area contributed by atoms with Gasteiger partial charge in [-0.3, -0.25) is 0 Å². The second-order valence-corrected chi connectivity index (χ2v) is 4.88. The number of halogens is 2. The molecule has 1 unspecified atom stereocenters. The predicted octanol–water partition coefficient (Wildman–Crippen LogP) is 3.43. The molecule has 1 atom stereocenters. The minimum Gasteiger partial charge on any atom is -0.371 e. The Morgan fingerprint density at radius 2 is 2.21 bits per heavy atom. The zero-order valence-electron chi connectivity index (χ0n) is 8.13. The molecule has 0 amide bonds. The normalized spacial score (nSPS) is 21.6. The molecule has 0 spiro atoms. The first-order valence-electron chi connectivity index (χ1n) is 4.86. The van der Waals surface area contributed by atoms with Crippen LogP contribution in [0.15, 0.2) is 22.7 Å². The van der Waals surface area contributed by atoms with E-state index in [1.165, 1.54) is 12.5 Å². The largest absolute Gasteiger partial charge is 0.371 e. The smallest absolute Gasteiger partial charge is 0.126 e. The van der Waals surface area contributed by atoms with Crippen molar-refractivity contribution in [1.29, 1.82) is 0 Å². The Balaban J connectivity index is 2.23. The maximum absolute atomic E-state index is 13.1. The van der Waals surface area contributed by atoms with Crippen molar-refractivity contribution in [2.45, 2.75) is 13.3 Å². The molecule has 0 N–H and O–H groups in total. The van der Waals surface area contributed by atoms with Crippen molar-refractivity contribution in [2.75, 3.05) is 18.0 Å². The molecule has 1 saturated heterocycles. The lowest BCUT2D eigenvalue weighted by molar-refractivity contribution is 0.625. The van der Waals surface area contributed by atoms with Gasteiger partial charge in [-0.25, -0.2) is 4.39 Å². The number of benzene rings is 1. The molecule has 1 aromatic carbocycles. The number of rotatable bonds is 1. The van der Waals surface area contributed by atoms with E-state index in [-0.39, 0.29) is 5.82 Å². The van der Waals surface area contributed by atoms with E-state index in [1.807, 2.05) is 6.07 Å². The predicted molar refractivity (Wildman–Crippen MR) is 60.1 cm³/mol. The molecule has 1 aliphatic heterocycles. The summed E-state index contributed by atoms with van der Waals surface area (Å²) in [5.41, 5.74) is 0.987. The minimum absolute atomic E-state index is 0.172. The summed E-state index contributed by atoms with van der Waals surface area (Å²) in [6.45, 7) is 4.31. The first-order chi connectivity index (χ1) is 6.65. The molecule has 1 heterocycles. The zero-order valence-corrected chi connectivity index (χ0v) is 9.72. The van der Waals surface area contributed by atoms with E-state index in [9.17, 15) is 4.39 Å². The quantitative estimate of drug-likeness (QED) is 0.745. The molecule has 3 heteroatoms. The third kappa shape index (κ3) is 2.08. The highest BCUT2D eigenvalue weighted by atomic mass is 79.9. The van der Waals surface area contributed by atoms with E-state index in [0.29, 0.717) is 0 Å². The van der Waals surface area contributed by atoms with Crippen molar-refractivity contribution in [3.8, 4) is 0 Å². The van der Waals surface area contributed by atoms with Gasteiger partial charge in [0.15, 0.2) is 0 Å². The number of nitrogens with zero attached hydrogens (tertiary/aromatic N) is 1. The SMILES string of the molecule is CC1CCN(c2cc(F)cc(Br)c2)C1. The van der Waals surface area contributed by atoms with E-state index in [1.54, 1.807) is 6.07 Å². The van der Waals surface area contributed by atoms with Gasteiger partial charge in [0.1, 0.15) is 5.82 Å². The fourth-order valence-corrected chi connectivity index (χ4v) is 2.34. The number of anilines is 1. The highest BCUT2D eigenvalue weighted by molar-refractivity contribution is 9.10. The van der Waals surface area contributed by atoms with Crippen LogP contribution in [0.2, 0.25) is 0 Å². The van der Waals surface area contributed by atoms with Crippen molar-refractivity contribution in [2.24, 2.45) is 5.92 Å². The van der Waals surface area contributed by atoms with E-state index < -0.39 is 0 Å². The van der Waals surface area contributed by atoms with Crippen LogP contribution in [0.25, 0.3) is 0 Å². The lowest BCUT2D eigenvalue weighted by atomic mass is 10.2. The van der Waals surface area contributed by atoms with Crippen LogP contribution in [0, 0.1) is 11.7 Å². The molecule has 0 saturated carbocycles. The van der Waals surface area contributed by atoms with Crippen LogP contribution in [0.4, 0.5) is 10.1 Å². The zero-order chi connectivity index (χ0) is 10.1. The minimum atomic E-state index is -0.172. The van der Waals surface area contributed by atoms with Gasteiger partial charge in [0.25, 0.3) is 0 Å². The third-order valence-electron chi connectivity index (χ3n) is 2.64. The molecular formula is C11H13BrFN. The summed E-state index contributed by atoms with van der Waals surface area (Å²) in [6.07, 6.45) is 1.20. The van der Waals surface area contributed by atoms with Gasteiger partial charge in [-0.1, -0.05) is 22.9 Å². The van der Waals surface area contributed by atoms with Gasteiger partial charge in [-0.05, 0) is 30.5 Å². The van der Waals surface area contributed by atoms with Gasteiger partial charge in [-0.15, -0.1) is 0 Å². The molecular weight excluding hydrogens is 245 g/mol. The Hall–Kier alpha value is -0.570. The van der Waals surface area contributed by atoms with Crippen LogP contribution in [-0.2, 0) is 0 Å². The molecule has 0 bridgehead atoms. The monoisotopic (exact) mass is 257 g/mol. The average Bonchev–Trinajstić information content (AvgIpc) is 2.50. The van der Waals surface area contributed by atoms with Crippen LogP contribution in [0.1, 0.15) is 13.3 Å². The fraction of sp³-hybridized carbons (Fsp3) is 0.455. The van der Waals surface area contributed by atoms with E-state index >= 15 is 0 Å². The Bertz CT molecular complexity index is 320. The van der Waals surface area contributed by atoms with E-state index in [0.717, 1.165) is 29.2 Å². The third-order valence-corrected chi connectivity index (χ3v) is 3.09. The molecule has 0 aromatic heterocycles. The molecule has 14 heavy (non-hydrogen) atoms. The summed E-state index contributed by atoms with van der Waals surface area (Å²) >= 11 is 3.31. The van der Waals surface area contributed by atoms with Crippen molar-refractivity contribution in [3.05, 3.63) is 28.5 Å². The van der Waals surface area contributed by atoms with E-state index in [2.05, 4.69) is 27.8 Å². The Kier molecular flexibility index (Phi) is 2.77. The Morgan fingerprint density at radius 1 is 1.43 bits per heavy atom. The van der Waals surface area contributed by atoms with Crippen molar-refractivity contribution < 1.29 is 4.39 Å². The molecule has 2 rings (SSSR count). The Morgan fingerprint density at radius 3 is 2.79 bits per heavy atom. The summed E-state index contributed by atoms with van der Waals surface area (Å²) in [7, 11) is 0. The van der Waals surface area contributed by atoms with Gasteiger partial charge in [0.2, 0.25) is 0 Å².